The van der Waals surface area contributed by atoms with Gasteiger partial charge in [-0.3, -0.25) is 9.69 Å². The Kier molecular flexibility index (Phi) is 4.92. The number of halogens is 2. The monoisotopic (exact) mass is 436 g/mol. The van der Waals surface area contributed by atoms with Gasteiger partial charge in [0.25, 0.3) is 5.91 Å². The van der Waals surface area contributed by atoms with E-state index in [1.165, 1.54) is 0 Å². The maximum absolute atomic E-state index is 13.2. The molecule has 27 heavy (non-hydrogen) atoms. The van der Waals surface area contributed by atoms with Gasteiger partial charge < -0.3 is 0 Å². The third kappa shape index (κ3) is 3.72. The summed E-state index contributed by atoms with van der Waals surface area (Å²) in [6.07, 6.45) is 1.80. The fourth-order valence-electron chi connectivity index (χ4n) is 2.85. The molecule has 0 saturated heterocycles. The smallest absolute Gasteiger partial charge is 0.266 e. The lowest BCUT2D eigenvalue weighted by atomic mass is 10.1. The highest BCUT2D eigenvalue weighted by Crippen LogP contribution is 2.29. The molecule has 0 unspecified atom stereocenters. The lowest BCUT2D eigenvalue weighted by Crippen LogP contribution is -2.32. The highest BCUT2D eigenvalue weighted by molar-refractivity contribution is 9.10. The molecule has 5 heteroatoms. The zero-order chi connectivity index (χ0) is 18.8. The second-order valence-corrected chi connectivity index (χ2v) is 7.35. The molecule has 0 spiro atoms. The quantitative estimate of drug-likeness (QED) is 0.467. The predicted molar refractivity (Wildman–Crippen MR) is 114 cm³/mol. The van der Waals surface area contributed by atoms with E-state index in [0.29, 0.717) is 16.6 Å². The molecule has 0 aliphatic carbocycles. The van der Waals surface area contributed by atoms with Crippen molar-refractivity contribution in [2.24, 2.45) is 4.99 Å². The van der Waals surface area contributed by atoms with Gasteiger partial charge >= 0.3 is 0 Å². The normalized spacial score (nSPS) is 15.3. The molecule has 4 rings (SSSR count). The maximum atomic E-state index is 13.2. The molecular formula is C22H14BrClN2O. The van der Waals surface area contributed by atoms with Gasteiger partial charge in [-0.25, -0.2) is 4.99 Å². The number of amides is 1. The molecule has 0 bridgehead atoms. The first-order chi connectivity index (χ1) is 13.1. The molecule has 3 aromatic carbocycles. The zero-order valence-electron chi connectivity index (χ0n) is 14.1. The topological polar surface area (TPSA) is 32.7 Å². The van der Waals surface area contributed by atoms with E-state index in [9.17, 15) is 4.79 Å². The lowest BCUT2D eigenvalue weighted by Gasteiger charge is -2.18. The van der Waals surface area contributed by atoms with Gasteiger partial charge in [0.2, 0.25) is 0 Å². The van der Waals surface area contributed by atoms with Gasteiger partial charge in [0.15, 0.2) is 0 Å². The molecule has 1 amide bonds. The lowest BCUT2D eigenvalue weighted by molar-refractivity contribution is -0.113. The first-order valence-electron chi connectivity index (χ1n) is 8.33. The highest BCUT2D eigenvalue weighted by Gasteiger charge is 2.32. The minimum absolute atomic E-state index is 0.161. The first kappa shape index (κ1) is 17.7. The van der Waals surface area contributed by atoms with Crippen LogP contribution in [0.25, 0.3) is 6.08 Å². The van der Waals surface area contributed by atoms with Crippen molar-refractivity contribution in [2.45, 2.75) is 0 Å². The molecule has 0 fully saturated rings. The SMILES string of the molecule is O=C1/C(=C\c2ccccc2)N=C(c2ccc(Cl)cc2)N1c1ccc(Br)cc1. The number of aliphatic imine (C=N–C) groups is 1. The van der Waals surface area contributed by atoms with Gasteiger partial charge in [-0.1, -0.05) is 57.9 Å². The van der Waals surface area contributed by atoms with Crippen LogP contribution in [0.5, 0.6) is 0 Å². The van der Waals surface area contributed by atoms with Gasteiger partial charge in [-0.2, -0.15) is 0 Å². The summed E-state index contributed by atoms with van der Waals surface area (Å²) >= 11 is 9.45. The Balaban J connectivity index is 1.82. The number of amidine groups is 1. The van der Waals surface area contributed by atoms with E-state index in [4.69, 9.17) is 11.6 Å². The minimum Gasteiger partial charge on any atom is -0.266 e. The summed E-state index contributed by atoms with van der Waals surface area (Å²) in [6, 6.07) is 24.6. The number of hydrogen-bond donors (Lipinski definition) is 0. The fourth-order valence-corrected chi connectivity index (χ4v) is 3.24. The van der Waals surface area contributed by atoms with Crippen LogP contribution < -0.4 is 4.90 Å². The molecule has 3 nitrogen and oxygen atoms in total. The maximum Gasteiger partial charge on any atom is 0.282 e. The number of carbonyl (C=O) groups excluding carboxylic acids is 1. The van der Waals surface area contributed by atoms with E-state index < -0.39 is 0 Å². The zero-order valence-corrected chi connectivity index (χ0v) is 16.5. The van der Waals surface area contributed by atoms with Crippen LogP contribution in [-0.2, 0) is 4.79 Å². The van der Waals surface area contributed by atoms with E-state index in [1.54, 1.807) is 23.1 Å². The van der Waals surface area contributed by atoms with Crippen LogP contribution in [0, 0.1) is 0 Å². The van der Waals surface area contributed by atoms with E-state index in [1.807, 2.05) is 66.7 Å². The molecule has 0 saturated carbocycles. The van der Waals surface area contributed by atoms with Gasteiger partial charge in [0.05, 0.1) is 5.69 Å². The van der Waals surface area contributed by atoms with E-state index in [-0.39, 0.29) is 5.91 Å². The number of rotatable bonds is 3. The van der Waals surface area contributed by atoms with E-state index in [2.05, 4.69) is 20.9 Å². The summed E-state index contributed by atoms with van der Waals surface area (Å²) in [5, 5.41) is 0.638. The molecule has 1 aliphatic rings. The Bertz CT molecular complexity index is 1040. The molecular weight excluding hydrogens is 424 g/mol. The van der Waals surface area contributed by atoms with Crippen molar-refractivity contribution in [1.82, 2.24) is 0 Å². The molecule has 0 radical (unpaired) electrons. The Morgan fingerprint density at radius 1 is 0.889 bits per heavy atom. The predicted octanol–water partition coefficient (Wildman–Crippen LogP) is 5.94. The van der Waals surface area contributed by atoms with Gasteiger partial charge in [0, 0.05) is 15.1 Å². The number of nitrogens with zero attached hydrogens (tertiary/aromatic N) is 2. The summed E-state index contributed by atoms with van der Waals surface area (Å²) in [7, 11) is 0. The summed E-state index contributed by atoms with van der Waals surface area (Å²) in [4.78, 5) is 19.4. The number of carbonyl (C=O) groups is 1. The third-order valence-corrected chi connectivity index (χ3v) is 4.93. The van der Waals surface area contributed by atoms with Gasteiger partial charge in [0.1, 0.15) is 11.5 Å². The summed E-state index contributed by atoms with van der Waals surface area (Å²) in [5.74, 6) is 0.423. The third-order valence-electron chi connectivity index (χ3n) is 4.15. The second-order valence-electron chi connectivity index (χ2n) is 6.00. The molecule has 0 N–H and O–H groups in total. The minimum atomic E-state index is -0.161. The number of hydrogen-bond acceptors (Lipinski definition) is 2. The van der Waals surface area contributed by atoms with Gasteiger partial charge in [-0.15, -0.1) is 0 Å². The van der Waals surface area contributed by atoms with Crippen LogP contribution in [0.4, 0.5) is 5.69 Å². The van der Waals surface area contributed by atoms with Crippen molar-refractivity contribution >= 4 is 51.0 Å². The van der Waals surface area contributed by atoms with Crippen LogP contribution in [-0.4, -0.2) is 11.7 Å². The standard InChI is InChI=1S/C22H14BrClN2O/c23-17-8-12-19(13-9-17)26-21(16-6-10-18(24)11-7-16)25-20(22(26)27)14-15-4-2-1-3-5-15/h1-14H/b20-14+. The largest absolute Gasteiger partial charge is 0.282 e. The summed E-state index contributed by atoms with van der Waals surface area (Å²) < 4.78 is 0.947. The molecule has 3 aromatic rings. The first-order valence-corrected chi connectivity index (χ1v) is 9.50. The molecule has 0 aromatic heterocycles. The Morgan fingerprint density at radius 3 is 2.22 bits per heavy atom. The molecule has 132 valence electrons. The molecule has 1 heterocycles. The fraction of sp³-hybridized carbons (Fsp3) is 0. The van der Waals surface area contributed by atoms with E-state index in [0.717, 1.165) is 21.3 Å². The van der Waals surface area contributed by atoms with Crippen molar-refractivity contribution < 1.29 is 4.79 Å². The highest BCUT2D eigenvalue weighted by atomic mass is 79.9. The van der Waals surface area contributed by atoms with Crippen LogP contribution in [0.2, 0.25) is 5.02 Å². The van der Waals surface area contributed by atoms with Gasteiger partial charge in [-0.05, 0) is 60.2 Å². The summed E-state index contributed by atoms with van der Waals surface area (Å²) in [6.45, 7) is 0. The molecule has 0 atom stereocenters. The van der Waals surface area contributed by atoms with Crippen LogP contribution in [0.15, 0.2) is 94.0 Å². The average Bonchev–Trinajstić information content (AvgIpc) is 3.00. The van der Waals surface area contributed by atoms with Crippen LogP contribution >= 0.6 is 27.5 Å². The van der Waals surface area contributed by atoms with Crippen molar-refractivity contribution in [3.63, 3.8) is 0 Å². The number of benzene rings is 3. The van der Waals surface area contributed by atoms with Crippen molar-refractivity contribution in [3.05, 3.63) is 105 Å². The van der Waals surface area contributed by atoms with E-state index >= 15 is 0 Å². The van der Waals surface area contributed by atoms with Crippen LogP contribution in [0.3, 0.4) is 0 Å². The number of anilines is 1. The van der Waals surface area contributed by atoms with Crippen LogP contribution in [0.1, 0.15) is 11.1 Å². The Labute approximate surface area is 170 Å². The average molecular weight is 438 g/mol. The van der Waals surface area contributed by atoms with Crippen molar-refractivity contribution in [2.75, 3.05) is 4.90 Å². The Hall–Kier alpha value is -2.69. The molecule has 1 aliphatic heterocycles. The van der Waals surface area contributed by atoms with Crippen molar-refractivity contribution in [3.8, 4) is 0 Å². The van der Waals surface area contributed by atoms with Crippen molar-refractivity contribution in [1.29, 1.82) is 0 Å². The second kappa shape index (κ2) is 7.51. The Morgan fingerprint density at radius 2 is 1.56 bits per heavy atom. The summed E-state index contributed by atoms with van der Waals surface area (Å²) in [5.41, 5.74) is 2.91.